The Balaban J connectivity index is 1.43. The van der Waals surface area contributed by atoms with Crippen LogP contribution in [0.15, 0.2) is 79.1 Å². The van der Waals surface area contributed by atoms with Crippen LogP contribution in [0.4, 0.5) is 11.4 Å². The van der Waals surface area contributed by atoms with E-state index in [-0.39, 0.29) is 5.91 Å². The van der Waals surface area contributed by atoms with Gasteiger partial charge in [0.15, 0.2) is 0 Å². The van der Waals surface area contributed by atoms with E-state index in [1.165, 1.54) is 0 Å². The Morgan fingerprint density at radius 3 is 2.73 bits per heavy atom. The monoisotopic (exact) mass is 398 g/mol. The standard InChI is InChI=1S/C24H22N4O2/c1-30-22-10-3-2-6-17(22)11-14-25-19-12-15-26-21(16-19)24(29)28-20-9-4-7-18-8-5-13-27-23(18)20/h2-10,12-13,15-16H,11,14H2,1H3,(H,25,26)(H,28,29). The topological polar surface area (TPSA) is 76.1 Å². The van der Waals surface area contributed by atoms with Crippen molar-refractivity contribution in [1.29, 1.82) is 0 Å². The number of hydrogen-bond donors (Lipinski definition) is 2. The predicted molar refractivity (Wildman–Crippen MR) is 119 cm³/mol. The quantitative estimate of drug-likeness (QED) is 0.478. The number of aromatic nitrogens is 2. The molecule has 2 heterocycles. The normalized spacial score (nSPS) is 10.6. The molecule has 0 spiro atoms. The van der Waals surface area contributed by atoms with Gasteiger partial charge in [-0.3, -0.25) is 14.8 Å². The molecule has 1 amide bonds. The summed E-state index contributed by atoms with van der Waals surface area (Å²) in [5.74, 6) is 0.597. The highest BCUT2D eigenvalue weighted by Crippen LogP contribution is 2.22. The van der Waals surface area contributed by atoms with Gasteiger partial charge in [-0.25, -0.2) is 0 Å². The van der Waals surface area contributed by atoms with Crippen LogP contribution in [0.5, 0.6) is 5.75 Å². The average molecular weight is 398 g/mol. The van der Waals surface area contributed by atoms with E-state index in [4.69, 9.17) is 4.74 Å². The maximum absolute atomic E-state index is 12.7. The van der Waals surface area contributed by atoms with Crippen LogP contribution in [-0.2, 0) is 6.42 Å². The number of pyridine rings is 2. The molecule has 0 aliphatic rings. The highest BCUT2D eigenvalue weighted by Gasteiger charge is 2.11. The fourth-order valence-electron chi connectivity index (χ4n) is 3.31. The highest BCUT2D eigenvalue weighted by molar-refractivity contribution is 6.07. The molecule has 4 aromatic rings. The van der Waals surface area contributed by atoms with Gasteiger partial charge in [0.2, 0.25) is 0 Å². The lowest BCUT2D eigenvalue weighted by molar-refractivity contribution is 0.102. The number of nitrogens with one attached hydrogen (secondary N) is 2. The molecule has 30 heavy (non-hydrogen) atoms. The number of carbonyl (C=O) groups is 1. The van der Waals surface area contributed by atoms with Crippen molar-refractivity contribution in [2.24, 2.45) is 0 Å². The first kappa shape index (κ1) is 19.4. The Hall–Kier alpha value is -3.93. The maximum Gasteiger partial charge on any atom is 0.274 e. The molecule has 0 aliphatic carbocycles. The van der Waals surface area contributed by atoms with E-state index in [0.29, 0.717) is 17.9 Å². The summed E-state index contributed by atoms with van der Waals surface area (Å²) in [6.07, 6.45) is 4.14. The molecule has 0 fully saturated rings. The molecule has 0 radical (unpaired) electrons. The van der Waals surface area contributed by atoms with Crippen molar-refractivity contribution in [1.82, 2.24) is 9.97 Å². The molecule has 2 aromatic carbocycles. The average Bonchev–Trinajstić information content (AvgIpc) is 2.80. The van der Waals surface area contributed by atoms with Crippen molar-refractivity contribution < 1.29 is 9.53 Å². The molecule has 0 bridgehead atoms. The molecule has 6 nitrogen and oxygen atoms in total. The number of benzene rings is 2. The minimum atomic E-state index is -0.276. The lowest BCUT2D eigenvalue weighted by Crippen LogP contribution is -2.15. The fourth-order valence-corrected chi connectivity index (χ4v) is 3.31. The van der Waals surface area contributed by atoms with Crippen molar-refractivity contribution in [2.75, 3.05) is 24.3 Å². The maximum atomic E-state index is 12.7. The van der Waals surface area contributed by atoms with E-state index in [1.54, 1.807) is 25.6 Å². The number of methoxy groups -OCH3 is 1. The first-order chi connectivity index (χ1) is 14.7. The summed E-state index contributed by atoms with van der Waals surface area (Å²) in [5, 5.41) is 7.23. The first-order valence-electron chi connectivity index (χ1n) is 9.71. The second kappa shape index (κ2) is 9.05. The van der Waals surface area contributed by atoms with Crippen LogP contribution < -0.4 is 15.4 Å². The second-order valence-corrected chi connectivity index (χ2v) is 6.75. The molecule has 0 unspecified atom stereocenters. The Morgan fingerprint density at radius 2 is 1.83 bits per heavy atom. The Labute approximate surface area is 175 Å². The molecular weight excluding hydrogens is 376 g/mol. The molecule has 0 atom stereocenters. The summed E-state index contributed by atoms with van der Waals surface area (Å²) in [4.78, 5) is 21.3. The smallest absolute Gasteiger partial charge is 0.274 e. The van der Waals surface area contributed by atoms with Gasteiger partial charge in [0.25, 0.3) is 5.91 Å². The second-order valence-electron chi connectivity index (χ2n) is 6.75. The van der Waals surface area contributed by atoms with Crippen molar-refractivity contribution in [3.63, 3.8) is 0 Å². The van der Waals surface area contributed by atoms with Crippen LogP contribution in [0.3, 0.4) is 0 Å². The van der Waals surface area contributed by atoms with Crippen LogP contribution >= 0.6 is 0 Å². The lowest BCUT2D eigenvalue weighted by Gasteiger charge is -2.11. The zero-order valence-electron chi connectivity index (χ0n) is 16.6. The van der Waals surface area contributed by atoms with Gasteiger partial charge in [0, 0.05) is 30.0 Å². The Bertz CT molecular complexity index is 1170. The predicted octanol–water partition coefficient (Wildman–Crippen LogP) is 4.55. The minimum Gasteiger partial charge on any atom is -0.496 e. The molecule has 2 N–H and O–H groups in total. The van der Waals surface area contributed by atoms with E-state index < -0.39 is 0 Å². The van der Waals surface area contributed by atoms with Crippen LogP contribution in [0.1, 0.15) is 16.1 Å². The van der Waals surface area contributed by atoms with Gasteiger partial charge in [0.1, 0.15) is 11.4 Å². The first-order valence-corrected chi connectivity index (χ1v) is 9.71. The van der Waals surface area contributed by atoms with Gasteiger partial charge in [-0.05, 0) is 42.3 Å². The number of carbonyl (C=O) groups excluding carboxylic acids is 1. The van der Waals surface area contributed by atoms with Crippen molar-refractivity contribution in [3.8, 4) is 5.75 Å². The molecule has 0 aliphatic heterocycles. The summed E-state index contributed by atoms with van der Waals surface area (Å²) < 4.78 is 5.39. The molecule has 0 saturated carbocycles. The molecular formula is C24H22N4O2. The third-order valence-corrected chi connectivity index (χ3v) is 4.79. The van der Waals surface area contributed by atoms with Gasteiger partial charge in [-0.15, -0.1) is 0 Å². The third kappa shape index (κ3) is 4.38. The molecule has 150 valence electrons. The van der Waals surface area contributed by atoms with Crippen LogP contribution in [0.2, 0.25) is 0 Å². The summed E-state index contributed by atoms with van der Waals surface area (Å²) in [7, 11) is 1.67. The van der Waals surface area contributed by atoms with E-state index in [0.717, 1.165) is 34.3 Å². The fraction of sp³-hybridized carbons (Fsp3) is 0.125. The van der Waals surface area contributed by atoms with E-state index in [2.05, 4.69) is 20.6 Å². The zero-order chi connectivity index (χ0) is 20.8. The zero-order valence-corrected chi connectivity index (χ0v) is 16.6. The van der Waals surface area contributed by atoms with E-state index >= 15 is 0 Å². The lowest BCUT2D eigenvalue weighted by atomic mass is 10.1. The van der Waals surface area contributed by atoms with E-state index in [9.17, 15) is 4.79 Å². The number of fused-ring (bicyclic) bond motifs is 1. The van der Waals surface area contributed by atoms with Gasteiger partial charge in [0.05, 0.1) is 18.3 Å². The molecule has 4 rings (SSSR count). The highest BCUT2D eigenvalue weighted by atomic mass is 16.5. The summed E-state index contributed by atoms with van der Waals surface area (Å²) >= 11 is 0. The molecule has 2 aromatic heterocycles. The number of anilines is 2. The molecule has 6 heteroatoms. The summed E-state index contributed by atoms with van der Waals surface area (Å²) in [5.41, 5.74) is 3.71. The largest absolute Gasteiger partial charge is 0.496 e. The summed E-state index contributed by atoms with van der Waals surface area (Å²) in [6, 6.07) is 21.1. The number of hydrogen-bond acceptors (Lipinski definition) is 5. The molecule has 0 saturated heterocycles. The Kier molecular flexibility index (Phi) is 5.85. The number of rotatable bonds is 7. The number of amides is 1. The number of para-hydroxylation sites is 2. The van der Waals surface area contributed by atoms with Crippen LogP contribution in [0, 0.1) is 0 Å². The Morgan fingerprint density at radius 1 is 0.967 bits per heavy atom. The summed E-state index contributed by atoms with van der Waals surface area (Å²) in [6.45, 7) is 0.707. The van der Waals surface area contributed by atoms with Crippen molar-refractivity contribution in [3.05, 3.63) is 90.4 Å². The van der Waals surface area contributed by atoms with Gasteiger partial charge in [-0.2, -0.15) is 0 Å². The van der Waals surface area contributed by atoms with E-state index in [1.807, 2.05) is 60.7 Å². The number of ether oxygens (including phenoxy) is 1. The third-order valence-electron chi connectivity index (χ3n) is 4.79. The van der Waals surface area contributed by atoms with Crippen LogP contribution in [-0.4, -0.2) is 29.5 Å². The van der Waals surface area contributed by atoms with Gasteiger partial charge >= 0.3 is 0 Å². The minimum absolute atomic E-state index is 0.276. The van der Waals surface area contributed by atoms with Crippen molar-refractivity contribution >= 4 is 28.2 Å². The van der Waals surface area contributed by atoms with Gasteiger partial charge < -0.3 is 15.4 Å². The van der Waals surface area contributed by atoms with Gasteiger partial charge in [-0.1, -0.05) is 36.4 Å². The van der Waals surface area contributed by atoms with Crippen LogP contribution in [0.25, 0.3) is 10.9 Å². The van der Waals surface area contributed by atoms with Crippen molar-refractivity contribution in [2.45, 2.75) is 6.42 Å². The SMILES string of the molecule is COc1ccccc1CCNc1ccnc(C(=O)Nc2cccc3cccnc23)c1. The number of nitrogens with zero attached hydrogens (tertiary/aromatic N) is 2.